The van der Waals surface area contributed by atoms with Gasteiger partial charge in [0.25, 0.3) is 5.91 Å². The van der Waals surface area contributed by atoms with Crippen LogP contribution >= 0.6 is 15.9 Å². The third-order valence-electron chi connectivity index (χ3n) is 3.91. The van der Waals surface area contributed by atoms with E-state index in [1.54, 1.807) is 30.2 Å². The van der Waals surface area contributed by atoms with Gasteiger partial charge >= 0.3 is 0 Å². The van der Waals surface area contributed by atoms with Crippen LogP contribution in [0, 0.1) is 0 Å². The van der Waals surface area contributed by atoms with Gasteiger partial charge in [-0.2, -0.15) is 0 Å². The number of amides is 2. The van der Waals surface area contributed by atoms with Crippen molar-refractivity contribution in [2.75, 3.05) is 18.6 Å². The van der Waals surface area contributed by atoms with Crippen molar-refractivity contribution < 1.29 is 14.3 Å². The van der Waals surface area contributed by atoms with E-state index in [4.69, 9.17) is 4.74 Å². The summed E-state index contributed by atoms with van der Waals surface area (Å²) in [7, 11) is 1.59. The Hall–Kier alpha value is -2.34. The summed E-state index contributed by atoms with van der Waals surface area (Å²) in [6, 6.07) is 14.3. The second kappa shape index (κ2) is 7.05. The zero-order chi connectivity index (χ0) is 17.1. The van der Waals surface area contributed by atoms with Gasteiger partial charge in [-0.05, 0) is 30.3 Å². The van der Waals surface area contributed by atoms with Gasteiger partial charge in [-0.15, -0.1) is 0 Å². The smallest absolute Gasteiger partial charge is 0.251 e. The molecule has 24 heavy (non-hydrogen) atoms. The molecule has 3 rings (SSSR count). The van der Waals surface area contributed by atoms with Crippen molar-refractivity contribution in [1.29, 1.82) is 0 Å². The third kappa shape index (κ3) is 3.59. The van der Waals surface area contributed by atoms with Gasteiger partial charge in [0.05, 0.1) is 13.2 Å². The normalized spacial score (nSPS) is 17.0. The van der Waals surface area contributed by atoms with Gasteiger partial charge < -0.3 is 15.0 Å². The number of hydrogen-bond acceptors (Lipinski definition) is 3. The van der Waals surface area contributed by atoms with E-state index < -0.39 is 0 Å². The first-order chi connectivity index (χ1) is 11.6. The number of nitrogens with zero attached hydrogens (tertiary/aromatic N) is 1. The Morgan fingerprint density at radius 3 is 2.79 bits per heavy atom. The fourth-order valence-corrected chi connectivity index (χ4v) is 3.13. The lowest BCUT2D eigenvalue weighted by molar-refractivity contribution is -0.117. The van der Waals surface area contributed by atoms with E-state index in [0.29, 0.717) is 17.9 Å². The second-order valence-electron chi connectivity index (χ2n) is 5.59. The first-order valence-electron chi connectivity index (χ1n) is 7.57. The molecule has 0 aromatic heterocycles. The molecular weight excluding hydrogens is 372 g/mol. The Labute approximate surface area is 148 Å². The minimum Gasteiger partial charge on any atom is -0.497 e. The van der Waals surface area contributed by atoms with Crippen molar-refractivity contribution in [3.63, 3.8) is 0 Å². The van der Waals surface area contributed by atoms with Crippen LogP contribution in [0.2, 0.25) is 0 Å². The molecular formula is C18H17BrN2O3. The highest BCUT2D eigenvalue weighted by Gasteiger charge is 2.31. The molecule has 1 N–H and O–H groups in total. The second-order valence-corrected chi connectivity index (χ2v) is 6.51. The fourth-order valence-electron chi connectivity index (χ4n) is 2.73. The fraction of sp³-hybridized carbons (Fsp3) is 0.222. The summed E-state index contributed by atoms with van der Waals surface area (Å²) in [5.74, 6) is 0.506. The van der Waals surface area contributed by atoms with Crippen LogP contribution in [-0.4, -0.2) is 31.5 Å². The van der Waals surface area contributed by atoms with Gasteiger partial charge in [0, 0.05) is 34.8 Å². The largest absolute Gasteiger partial charge is 0.497 e. The first kappa shape index (κ1) is 16.5. The van der Waals surface area contributed by atoms with Gasteiger partial charge in [-0.3, -0.25) is 9.59 Å². The van der Waals surface area contributed by atoms with Crippen molar-refractivity contribution in [3.8, 4) is 5.75 Å². The van der Waals surface area contributed by atoms with Crippen molar-refractivity contribution in [1.82, 2.24) is 5.32 Å². The molecule has 1 aliphatic rings. The Kier molecular flexibility index (Phi) is 4.85. The lowest BCUT2D eigenvalue weighted by atomic mass is 10.2. The van der Waals surface area contributed by atoms with Crippen LogP contribution in [0.1, 0.15) is 16.8 Å². The van der Waals surface area contributed by atoms with E-state index in [0.717, 1.165) is 10.2 Å². The molecule has 1 fully saturated rings. The highest BCUT2D eigenvalue weighted by Crippen LogP contribution is 2.25. The lowest BCUT2D eigenvalue weighted by Gasteiger charge is -2.18. The van der Waals surface area contributed by atoms with Crippen LogP contribution in [0.4, 0.5) is 5.69 Å². The molecule has 1 saturated heterocycles. The van der Waals surface area contributed by atoms with Crippen LogP contribution in [0.3, 0.4) is 0 Å². The molecule has 0 aliphatic carbocycles. The molecule has 0 unspecified atom stereocenters. The third-order valence-corrected chi connectivity index (χ3v) is 4.41. The number of hydrogen-bond donors (Lipinski definition) is 1. The maximum absolute atomic E-state index is 12.3. The summed E-state index contributed by atoms with van der Waals surface area (Å²) < 4.78 is 6.04. The van der Waals surface area contributed by atoms with Gasteiger partial charge in [0.15, 0.2) is 0 Å². The number of halogens is 1. The average molecular weight is 389 g/mol. The highest BCUT2D eigenvalue weighted by atomic mass is 79.9. The number of rotatable bonds is 4. The minimum atomic E-state index is -0.213. The molecule has 0 spiro atoms. The van der Waals surface area contributed by atoms with E-state index in [1.807, 2.05) is 30.3 Å². The maximum atomic E-state index is 12.3. The zero-order valence-corrected chi connectivity index (χ0v) is 14.7. The van der Waals surface area contributed by atoms with Crippen LogP contribution < -0.4 is 15.0 Å². The predicted octanol–water partition coefficient (Wildman–Crippen LogP) is 2.99. The molecule has 0 radical (unpaired) electrons. The van der Waals surface area contributed by atoms with E-state index in [1.165, 1.54) is 0 Å². The highest BCUT2D eigenvalue weighted by molar-refractivity contribution is 9.10. The van der Waals surface area contributed by atoms with Crippen molar-refractivity contribution in [2.24, 2.45) is 0 Å². The summed E-state index contributed by atoms with van der Waals surface area (Å²) in [6.45, 7) is 0.450. The van der Waals surface area contributed by atoms with Gasteiger partial charge in [-0.1, -0.05) is 28.1 Å². The van der Waals surface area contributed by atoms with Crippen LogP contribution in [0.5, 0.6) is 5.75 Å². The molecule has 6 heteroatoms. The number of benzene rings is 2. The number of carbonyl (C=O) groups is 2. The monoisotopic (exact) mass is 388 g/mol. The molecule has 1 atom stereocenters. The Morgan fingerprint density at radius 2 is 2.04 bits per heavy atom. The number of ether oxygens (including phenoxy) is 1. The summed E-state index contributed by atoms with van der Waals surface area (Å²) in [6.07, 6.45) is 0.289. The maximum Gasteiger partial charge on any atom is 0.251 e. The zero-order valence-electron chi connectivity index (χ0n) is 13.2. The van der Waals surface area contributed by atoms with Gasteiger partial charge in [-0.25, -0.2) is 0 Å². The van der Waals surface area contributed by atoms with E-state index >= 15 is 0 Å². The molecule has 1 aliphatic heterocycles. The Morgan fingerprint density at radius 1 is 1.25 bits per heavy atom. The topological polar surface area (TPSA) is 58.6 Å². The average Bonchev–Trinajstić information content (AvgIpc) is 2.95. The molecule has 1 heterocycles. The van der Waals surface area contributed by atoms with E-state index in [-0.39, 0.29) is 24.3 Å². The number of anilines is 1. The van der Waals surface area contributed by atoms with Crippen LogP contribution in [0.25, 0.3) is 0 Å². The number of nitrogens with one attached hydrogen (secondary N) is 1. The molecule has 124 valence electrons. The van der Waals surface area contributed by atoms with Crippen LogP contribution in [0.15, 0.2) is 53.0 Å². The van der Waals surface area contributed by atoms with Gasteiger partial charge in [0.2, 0.25) is 5.91 Å². The lowest BCUT2D eigenvalue weighted by Crippen LogP contribution is -2.37. The number of methoxy groups -OCH3 is 1. The van der Waals surface area contributed by atoms with Crippen LogP contribution in [-0.2, 0) is 4.79 Å². The summed E-state index contributed by atoms with van der Waals surface area (Å²) in [5, 5.41) is 2.93. The van der Waals surface area contributed by atoms with E-state index in [9.17, 15) is 9.59 Å². The Bertz CT molecular complexity index is 778. The quantitative estimate of drug-likeness (QED) is 0.875. The standard InChI is InChI=1S/C18H17BrN2O3/c1-24-16-7-3-6-15(10-16)21-11-14(9-17(21)22)20-18(23)12-4-2-5-13(19)8-12/h2-8,10,14H,9,11H2,1H3,(H,20,23)/t14-/m1/s1. The molecule has 5 nitrogen and oxygen atoms in total. The van der Waals surface area contributed by atoms with Crippen molar-refractivity contribution in [3.05, 3.63) is 58.6 Å². The first-order valence-corrected chi connectivity index (χ1v) is 8.37. The van der Waals surface area contributed by atoms with Gasteiger partial charge in [0.1, 0.15) is 5.75 Å². The summed E-state index contributed by atoms with van der Waals surface area (Å²) in [4.78, 5) is 26.3. The molecule has 0 bridgehead atoms. The Balaban J connectivity index is 1.69. The van der Waals surface area contributed by atoms with Crippen molar-refractivity contribution in [2.45, 2.75) is 12.5 Å². The molecule has 2 aromatic rings. The molecule has 0 saturated carbocycles. The minimum absolute atomic E-state index is 0.0113. The molecule has 2 aromatic carbocycles. The molecule has 2 amide bonds. The predicted molar refractivity (Wildman–Crippen MR) is 95.4 cm³/mol. The summed E-state index contributed by atoms with van der Waals surface area (Å²) >= 11 is 3.35. The van der Waals surface area contributed by atoms with Crippen molar-refractivity contribution >= 4 is 33.4 Å². The SMILES string of the molecule is COc1cccc(N2C[C@H](NC(=O)c3cccc(Br)c3)CC2=O)c1. The van der Waals surface area contributed by atoms with E-state index in [2.05, 4.69) is 21.2 Å². The summed E-state index contributed by atoms with van der Waals surface area (Å²) in [5.41, 5.74) is 1.34. The number of carbonyl (C=O) groups excluding carboxylic acids is 2.